The second-order valence-electron chi connectivity index (χ2n) is 18.8. The van der Waals surface area contributed by atoms with Gasteiger partial charge in [0, 0.05) is 28.3 Å². The Morgan fingerprint density at radius 3 is 1.78 bits per heavy atom. The fourth-order valence-electron chi connectivity index (χ4n) is 11.0. The highest BCUT2D eigenvalue weighted by molar-refractivity contribution is 6.04. The van der Waals surface area contributed by atoms with Gasteiger partial charge in [-0.1, -0.05) is 30.3 Å². The summed E-state index contributed by atoms with van der Waals surface area (Å²) in [4.78, 5) is 12.3. The van der Waals surface area contributed by atoms with Crippen molar-refractivity contribution in [2.75, 3.05) is 21.1 Å². The Labute approximate surface area is 326 Å². The molecular weight excluding hydrogens is 663 g/mol. The minimum atomic E-state index is 0.0349. The Bertz CT molecular complexity index is 2160. The van der Waals surface area contributed by atoms with Gasteiger partial charge in [0.05, 0.1) is 38.6 Å². The molecular formula is C47H68N7+3. The van der Waals surface area contributed by atoms with Gasteiger partial charge >= 0.3 is 0 Å². The predicted molar refractivity (Wildman–Crippen MR) is 225 cm³/mol. The van der Waals surface area contributed by atoms with Gasteiger partial charge < -0.3 is 0 Å². The summed E-state index contributed by atoms with van der Waals surface area (Å²) in [6, 6.07) is 21.1. The van der Waals surface area contributed by atoms with Crippen molar-refractivity contribution in [1.29, 1.82) is 0 Å². The van der Waals surface area contributed by atoms with Gasteiger partial charge in [-0.2, -0.15) is 0 Å². The summed E-state index contributed by atoms with van der Waals surface area (Å²) in [5, 5.41) is 1.23. The van der Waals surface area contributed by atoms with Crippen molar-refractivity contribution in [3.05, 3.63) is 88.1 Å². The lowest BCUT2D eigenvalue weighted by Crippen LogP contribution is -2.52. The molecule has 9 rings (SSSR count). The summed E-state index contributed by atoms with van der Waals surface area (Å²) >= 11 is 0. The third-order valence-corrected chi connectivity index (χ3v) is 15.2. The number of fused-ring (bicyclic) bond motifs is 7. The molecule has 2 aromatic carbocycles. The van der Waals surface area contributed by atoms with Crippen molar-refractivity contribution in [2.24, 2.45) is 0 Å². The van der Waals surface area contributed by atoms with Crippen LogP contribution in [0, 0.1) is 0 Å². The van der Waals surface area contributed by atoms with Crippen LogP contribution in [0.5, 0.6) is 0 Å². The summed E-state index contributed by atoms with van der Waals surface area (Å²) in [5.41, 5.74) is 10.1. The van der Waals surface area contributed by atoms with Crippen LogP contribution in [0.15, 0.2) is 65.9 Å². The van der Waals surface area contributed by atoms with Crippen LogP contribution in [-0.2, 0) is 17.5 Å². The highest BCUT2D eigenvalue weighted by atomic mass is 15.4. The molecule has 3 aromatic rings. The zero-order chi connectivity index (χ0) is 39.6. The van der Waals surface area contributed by atoms with E-state index < -0.39 is 0 Å². The lowest BCUT2D eigenvalue weighted by atomic mass is 9.82. The summed E-state index contributed by atoms with van der Waals surface area (Å²) in [6.07, 6.45) is 2.95. The summed E-state index contributed by atoms with van der Waals surface area (Å²) in [6.45, 7) is 32.6. The number of aromatic nitrogens is 1. The van der Waals surface area contributed by atoms with Gasteiger partial charge in [-0.25, -0.2) is 14.7 Å². The number of nitrogens with zero attached hydrogens (tertiary/aromatic N) is 7. The Morgan fingerprint density at radius 1 is 0.611 bits per heavy atom. The van der Waals surface area contributed by atoms with E-state index in [-0.39, 0.29) is 16.6 Å². The number of pyridine rings is 1. The fourth-order valence-corrected chi connectivity index (χ4v) is 11.0. The lowest BCUT2D eigenvalue weighted by Gasteiger charge is -2.39. The minimum Gasteiger partial charge on any atom is -0.261 e. The molecule has 0 N–H and O–H groups in total. The molecule has 0 aliphatic carbocycles. The average Bonchev–Trinajstić information content (AvgIpc) is 3.75. The number of rotatable bonds is 0. The summed E-state index contributed by atoms with van der Waals surface area (Å²) in [7, 11) is 6.67. The Morgan fingerprint density at radius 2 is 1.15 bits per heavy atom. The third-order valence-electron chi connectivity index (χ3n) is 15.2. The maximum absolute atomic E-state index is 4.53. The number of benzene rings is 2. The molecule has 0 radical (unpaired) electrons. The molecule has 0 fully saturated rings. The number of hydrogen-bond acceptors (Lipinski definition) is 4. The summed E-state index contributed by atoms with van der Waals surface area (Å²) in [5.74, 6) is 4.29. The van der Waals surface area contributed by atoms with E-state index in [2.05, 4.69) is 194 Å². The van der Waals surface area contributed by atoms with Crippen molar-refractivity contribution in [3.8, 4) is 0 Å². The predicted octanol–water partition coefficient (Wildman–Crippen LogP) is 7.82. The van der Waals surface area contributed by atoms with Gasteiger partial charge in [0.2, 0.25) is 0 Å². The average molecular weight is 731 g/mol. The molecule has 0 bridgehead atoms. The first-order valence-electron chi connectivity index (χ1n) is 20.5. The molecule has 0 saturated heterocycles. The van der Waals surface area contributed by atoms with Gasteiger partial charge in [0.1, 0.15) is 52.9 Å². The van der Waals surface area contributed by atoms with Crippen LogP contribution in [-0.4, -0.2) is 114 Å². The molecule has 7 heteroatoms. The highest BCUT2D eigenvalue weighted by Gasteiger charge is 2.58. The van der Waals surface area contributed by atoms with E-state index in [0.29, 0.717) is 36.3 Å². The lowest BCUT2D eigenvalue weighted by molar-refractivity contribution is -0.527. The van der Waals surface area contributed by atoms with Crippen LogP contribution in [0.1, 0.15) is 119 Å². The maximum Gasteiger partial charge on any atom is 0.280 e. The second-order valence-corrected chi connectivity index (χ2v) is 18.8. The first-order chi connectivity index (χ1) is 25.2. The standard InChI is InChI=1S/C18H22N3.C16H23N2.C13H23N2/c1-11-12(2)21-17(20(11)5)14-10-16-13(7-6-8-19-16)9-15(14)18(21,3)4;1-11-12(2)18-15(17(11)5)10-13-8-6-7-9-14(13)16(18,3)4;1-8-9(2)13(5,6)15-11(4)10(3)14(7)12(8)15/h6-12H,1-5H3;6-9,11-12H,10H2,1-5H3;10-11H,1-7H3/q3*+1. The monoisotopic (exact) mass is 731 g/mol. The Hall–Kier alpha value is -4.00. The maximum atomic E-state index is 4.53. The largest absolute Gasteiger partial charge is 0.280 e. The van der Waals surface area contributed by atoms with Gasteiger partial charge in [0.25, 0.3) is 17.5 Å². The molecule has 0 spiro atoms. The van der Waals surface area contributed by atoms with Crippen LogP contribution >= 0.6 is 0 Å². The topological polar surface area (TPSA) is 31.6 Å². The molecule has 54 heavy (non-hydrogen) atoms. The molecule has 6 aliphatic heterocycles. The van der Waals surface area contributed by atoms with Crippen molar-refractivity contribution < 1.29 is 13.7 Å². The quantitative estimate of drug-likeness (QED) is 0.221. The minimum absolute atomic E-state index is 0.0349. The van der Waals surface area contributed by atoms with E-state index in [1.54, 1.807) is 0 Å². The molecule has 7 heterocycles. The number of hydrogen-bond donors (Lipinski definition) is 0. The normalized spacial score (nSPS) is 29.5. The second kappa shape index (κ2) is 12.8. The fraction of sp³-hybridized carbons (Fsp3) is 0.574. The SMILES string of the molecule is CC1=C(C)C(C)(C)N2C1=[N+](C)C(C)C2C.CC1C(C)[N+](C)=C2Cc3ccccc3C(C)(C)N21.CC1C(C)[N+](C)=C2c3cc4ncccc4cc3C(C)(C)N21. The smallest absolute Gasteiger partial charge is 0.261 e. The zero-order valence-corrected chi connectivity index (χ0v) is 36.5. The zero-order valence-electron chi connectivity index (χ0n) is 36.5. The van der Waals surface area contributed by atoms with E-state index >= 15 is 0 Å². The molecule has 6 atom stereocenters. The van der Waals surface area contributed by atoms with Gasteiger partial charge in [-0.3, -0.25) is 18.7 Å². The van der Waals surface area contributed by atoms with Crippen LogP contribution in [0.3, 0.4) is 0 Å². The van der Waals surface area contributed by atoms with Gasteiger partial charge in [-0.05, 0) is 126 Å². The molecule has 288 valence electrons. The van der Waals surface area contributed by atoms with Crippen molar-refractivity contribution >= 4 is 28.4 Å². The highest BCUT2D eigenvalue weighted by Crippen LogP contribution is 2.45. The Kier molecular flexibility index (Phi) is 9.06. The van der Waals surface area contributed by atoms with Gasteiger partial charge in [0.15, 0.2) is 0 Å². The van der Waals surface area contributed by atoms with Crippen molar-refractivity contribution in [1.82, 2.24) is 19.7 Å². The first kappa shape index (κ1) is 38.3. The van der Waals surface area contributed by atoms with Crippen LogP contribution in [0.2, 0.25) is 0 Å². The van der Waals surface area contributed by atoms with Crippen LogP contribution < -0.4 is 0 Å². The van der Waals surface area contributed by atoms with E-state index in [1.165, 1.54) is 56.3 Å². The molecule has 1 aromatic heterocycles. The van der Waals surface area contributed by atoms with E-state index in [4.69, 9.17) is 0 Å². The Balaban J connectivity index is 0.000000127. The number of amidine groups is 3. The first-order valence-corrected chi connectivity index (χ1v) is 20.5. The van der Waals surface area contributed by atoms with Crippen LogP contribution in [0.25, 0.3) is 10.9 Å². The van der Waals surface area contributed by atoms with E-state index in [9.17, 15) is 0 Å². The molecule has 7 nitrogen and oxygen atoms in total. The van der Waals surface area contributed by atoms with E-state index in [1.807, 2.05) is 12.3 Å². The molecule has 6 aliphatic rings. The molecule has 0 amide bonds. The molecule has 6 unspecified atom stereocenters. The summed E-state index contributed by atoms with van der Waals surface area (Å²) < 4.78 is 7.31. The van der Waals surface area contributed by atoms with E-state index in [0.717, 1.165) is 11.9 Å². The third kappa shape index (κ3) is 5.26. The van der Waals surface area contributed by atoms with Gasteiger partial charge in [-0.15, -0.1) is 0 Å². The van der Waals surface area contributed by atoms with Crippen molar-refractivity contribution in [2.45, 2.75) is 156 Å². The van der Waals surface area contributed by atoms with Crippen LogP contribution in [0.4, 0.5) is 0 Å². The number of likely N-dealkylation sites (N-methyl/N-ethyl adjacent to an activating group) is 3. The van der Waals surface area contributed by atoms with Crippen molar-refractivity contribution in [3.63, 3.8) is 0 Å². The molecule has 0 saturated carbocycles.